The fourth-order valence-corrected chi connectivity index (χ4v) is 4.98. The van der Waals surface area contributed by atoms with Crippen molar-refractivity contribution < 1.29 is 28.6 Å². The molecule has 1 N–H and O–H groups in total. The molecule has 0 spiro atoms. The number of methoxy groups -OCH3 is 2. The minimum atomic E-state index is -0.611. The number of esters is 2. The van der Waals surface area contributed by atoms with Crippen LogP contribution in [0.1, 0.15) is 43.2 Å². The number of carbonyl (C=O) groups is 3. The summed E-state index contributed by atoms with van der Waals surface area (Å²) in [6.07, 6.45) is 2.33. The molecule has 3 atom stereocenters. The van der Waals surface area contributed by atoms with E-state index in [9.17, 15) is 14.4 Å². The van der Waals surface area contributed by atoms with Crippen LogP contribution in [0.25, 0.3) is 0 Å². The number of Topliss-reactive ketones (excluding diaryl/α,β-unsaturated/α-hetero) is 1. The first-order valence-electron chi connectivity index (χ1n) is 11.2. The van der Waals surface area contributed by atoms with Crippen LogP contribution >= 0.6 is 11.6 Å². The van der Waals surface area contributed by atoms with Crippen molar-refractivity contribution in [3.63, 3.8) is 0 Å². The van der Waals surface area contributed by atoms with Crippen LogP contribution in [0.4, 0.5) is 0 Å². The van der Waals surface area contributed by atoms with E-state index in [4.69, 9.17) is 25.8 Å². The molecule has 8 heteroatoms. The quantitative estimate of drug-likeness (QED) is 0.476. The van der Waals surface area contributed by atoms with Crippen LogP contribution in [-0.4, -0.2) is 31.9 Å². The van der Waals surface area contributed by atoms with Crippen LogP contribution in [0.15, 0.2) is 65.5 Å². The third-order valence-electron chi connectivity index (χ3n) is 6.37. The Kier molecular flexibility index (Phi) is 6.98. The zero-order valence-electron chi connectivity index (χ0n) is 19.9. The maximum Gasteiger partial charge on any atom is 0.336 e. The van der Waals surface area contributed by atoms with Gasteiger partial charge in [0.2, 0.25) is 0 Å². The number of hydrogen-bond acceptors (Lipinski definition) is 7. The predicted molar refractivity (Wildman–Crippen MR) is 130 cm³/mol. The number of nitrogens with one attached hydrogen (secondary N) is 1. The Balaban J connectivity index is 1.83. The van der Waals surface area contributed by atoms with Gasteiger partial charge in [-0.15, -0.1) is 0 Å². The van der Waals surface area contributed by atoms with Gasteiger partial charge in [0.15, 0.2) is 11.5 Å². The monoisotopic (exact) mass is 495 g/mol. The highest BCUT2D eigenvalue weighted by Gasteiger charge is 2.45. The van der Waals surface area contributed by atoms with Crippen molar-refractivity contribution in [2.24, 2.45) is 5.92 Å². The fourth-order valence-electron chi connectivity index (χ4n) is 4.86. The molecule has 3 unspecified atom stereocenters. The van der Waals surface area contributed by atoms with Crippen LogP contribution in [0, 0.1) is 5.92 Å². The number of ether oxygens (including phenoxy) is 3. The van der Waals surface area contributed by atoms with Crippen LogP contribution in [0.5, 0.6) is 11.5 Å². The van der Waals surface area contributed by atoms with E-state index in [1.54, 1.807) is 37.3 Å². The van der Waals surface area contributed by atoms with Gasteiger partial charge in [0.1, 0.15) is 5.78 Å². The van der Waals surface area contributed by atoms with Crippen LogP contribution in [-0.2, 0) is 19.1 Å². The van der Waals surface area contributed by atoms with Gasteiger partial charge in [-0.1, -0.05) is 35.9 Å². The Labute approximate surface area is 208 Å². The number of ketones is 1. The highest BCUT2D eigenvalue weighted by Crippen LogP contribution is 2.47. The molecule has 182 valence electrons. The Morgan fingerprint density at radius 1 is 1.00 bits per heavy atom. The molecule has 2 aromatic rings. The second-order valence-electron chi connectivity index (χ2n) is 8.57. The predicted octanol–water partition coefficient (Wildman–Crippen LogP) is 4.66. The van der Waals surface area contributed by atoms with E-state index in [2.05, 4.69) is 5.32 Å². The average Bonchev–Trinajstić information content (AvgIpc) is 2.83. The minimum Gasteiger partial charge on any atom is -0.493 e. The molecule has 4 rings (SSSR count). The maximum atomic E-state index is 13.6. The highest BCUT2D eigenvalue weighted by atomic mass is 35.5. The van der Waals surface area contributed by atoms with Gasteiger partial charge in [-0.25, -0.2) is 4.79 Å². The van der Waals surface area contributed by atoms with Crippen molar-refractivity contribution in [3.8, 4) is 11.5 Å². The van der Waals surface area contributed by atoms with E-state index in [1.807, 2.05) is 18.2 Å². The Morgan fingerprint density at radius 3 is 2.31 bits per heavy atom. The third-order valence-corrected chi connectivity index (χ3v) is 6.62. The molecule has 0 amide bonds. The summed E-state index contributed by atoms with van der Waals surface area (Å²) in [4.78, 5) is 37.9. The lowest BCUT2D eigenvalue weighted by Gasteiger charge is -2.39. The summed E-state index contributed by atoms with van der Waals surface area (Å²) in [6, 6.07) is 12.5. The smallest absolute Gasteiger partial charge is 0.336 e. The molecular weight excluding hydrogens is 470 g/mol. The molecule has 1 aliphatic heterocycles. The van der Waals surface area contributed by atoms with E-state index in [0.29, 0.717) is 27.6 Å². The third kappa shape index (κ3) is 4.82. The van der Waals surface area contributed by atoms with Gasteiger partial charge in [-0.3, -0.25) is 9.59 Å². The van der Waals surface area contributed by atoms with E-state index in [0.717, 1.165) is 11.3 Å². The minimum absolute atomic E-state index is 0.00289. The zero-order chi connectivity index (χ0) is 25.3. The summed E-state index contributed by atoms with van der Waals surface area (Å²) in [5.41, 5.74) is 3.37. The van der Waals surface area contributed by atoms with Gasteiger partial charge >= 0.3 is 11.9 Å². The molecular formula is C27H26ClNO6. The molecule has 0 radical (unpaired) electrons. The van der Waals surface area contributed by atoms with Crippen molar-refractivity contribution in [2.45, 2.75) is 32.1 Å². The maximum absolute atomic E-state index is 13.6. The SMILES string of the molecule is COC(=O)C1=C(C)NC2=CC(c3ccc(Cl)cc3)CC(=O)C2C1c1ccc(OC(C)=O)c(OC)c1. The summed E-state index contributed by atoms with van der Waals surface area (Å²) < 4.78 is 15.7. The molecule has 0 fully saturated rings. The van der Waals surface area contributed by atoms with Gasteiger partial charge in [-0.05, 0) is 42.3 Å². The Hall–Kier alpha value is -3.58. The number of allylic oxidation sites excluding steroid dienone is 3. The normalized spacial score (nSPS) is 21.5. The number of halogens is 1. The van der Waals surface area contributed by atoms with E-state index in [1.165, 1.54) is 21.1 Å². The molecule has 35 heavy (non-hydrogen) atoms. The number of hydrogen-bond donors (Lipinski definition) is 1. The van der Waals surface area contributed by atoms with Crippen LogP contribution in [0.3, 0.4) is 0 Å². The lowest BCUT2D eigenvalue weighted by Crippen LogP contribution is -2.41. The lowest BCUT2D eigenvalue weighted by molar-refractivity contribution is -0.137. The fraction of sp³-hybridized carbons (Fsp3) is 0.296. The number of benzene rings is 2. The molecule has 0 aromatic heterocycles. The van der Waals surface area contributed by atoms with E-state index < -0.39 is 23.8 Å². The van der Waals surface area contributed by atoms with E-state index >= 15 is 0 Å². The molecule has 1 aliphatic carbocycles. The Morgan fingerprint density at radius 2 is 1.69 bits per heavy atom. The largest absolute Gasteiger partial charge is 0.493 e. The first kappa shape index (κ1) is 24.5. The topological polar surface area (TPSA) is 90.9 Å². The number of carbonyl (C=O) groups excluding carboxylic acids is 3. The van der Waals surface area contributed by atoms with Crippen molar-refractivity contribution in [1.82, 2.24) is 5.32 Å². The highest BCUT2D eigenvalue weighted by molar-refractivity contribution is 6.30. The second-order valence-corrected chi connectivity index (χ2v) is 9.00. The summed E-state index contributed by atoms with van der Waals surface area (Å²) >= 11 is 6.04. The van der Waals surface area contributed by atoms with Crippen molar-refractivity contribution in [1.29, 1.82) is 0 Å². The first-order chi connectivity index (χ1) is 16.7. The number of rotatable bonds is 5. The van der Waals surface area contributed by atoms with Crippen LogP contribution in [0.2, 0.25) is 5.02 Å². The van der Waals surface area contributed by atoms with Gasteiger partial charge in [0.05, 0.1) is 25.7 Å². The second kappa shape index (κ2) is 9.96. The first-order valence-corrected chi connectivity index (χ1v) is 11.5. The molecule has 2 aromatic carbocycles. The van der Waals surface area contributed by atoms with Gasteiger partial charge in [-0.2, -0.15) is 0 Å². The molecule has 2 aliphatic rings. The van der Waals surface area contributed by atoms with Crippen molar-refractivity contribution >= 4 is 29.3 Å². The van der Waals surface area contributed by atoms with Crippen molar-refractivity contribution in [2.75, 3.05) is 14.2 Å². The van der Waals surface area contributed by atoms with Crippen LogP contribution < -0.4 is 14.8 Å². The summed E-state index contributed by atoms with van der Waals surface area (Å²) in [7, 11) is 2.78. The lowest BCUT2D eigenvalue weighted by atomic mass is 9.68. The molecule has 7 nitrogen and oxygen atoms in total. The summed E-state index contributed by atoms with van der Waals surface area (Å²) in [5.74, 6) is -1.75. The Bertz CT molecular complexity index is 1250. The zero-order valence-corrected chi connectivity index (χ0v) is 20.6. The average molecular weight is 496 g/mol. The van der Waals surface area contributed by atoms with Gasteiger partial charge < -0.3 is 19.5 Å². The van der Waals surface area contributed by atoms with Gasteiger partial charge in [0, 0.05) is 41.6 Å². The van der Waals surface area contributed by atoms with Crippen molar-refractivity contribution in [3.05, 3.63) is 81.7 Å². The summed E-state index contributed by atoms with van der Waals surface area (Å²) in [5, 5.41) is 3.91. The molecule has 0 saturated carbocycles. The standard InChI is InChI=1S/C27H26ClNO6/c1-14-24(27(32)34-4)25(17-7-10-22(35-15(2)30)23(13-17)33-3)26-20(29-14)11-18(12-21(26)31)16-5-8-19(28)9-6-16/h5-11,13,18,25-26,29H,12H2,1-4H3. The molecule has 1 heterocycles. The van der Waals surface area contributed by atoms with E-state index in [-0.39, 0.29) is 23.9 Å². The molecule has 0 bridgehead atoms. The number of fused-ring (bicyclic) bond motifs is 1. The van der Waals surface area contributed by atoms with Gasteiger partial charge in [0.25, 0.3) is 0 Å². The summed E-state index contributed by atoms with van der Waals surface area (Å²) in [6.45, 7) is 3.09. The molecule has 0 saturated heterocycles.